The number of nitrogens with one attached hydrogen (secondary N) is 1. The van der Waals surface area contributed by atoms with Crippen molar-refractivity contribution >= 4 is 23.7 Å². The highest BCUT2D eigenvalue weighted by Gasteiger charge is 2.35. The molecule has 0 radical (unpaired) electrons. The van der Waals surface area contributed by atoms with Crippen LogP contribution in [0.5, 0.6) is 0 Å². The second-order valence-electron chi connectivity index (χ2n) is 7.47. The number of rotatable bonds is 8. The summed E-state index contributed by atoms with van der Waals surface area (Å²) in [6.45, 7) is 0.117. The first kappa shape index (κ1) is 19.8. The summed E-state index contributed by atoms with van der Waals surface area (Å²) in [4.78, 5) is 50.8. The molecule has 1 aliphatic heterocycles. The molecule has 154 valence electrons. The zero-order chi connectivity index (χ0) is 21.1. The molecule has 0 bridgehead atoms. The lowest BCUT2D eigenvalue weighted by molar-refractivity contribution is -0.156. The van der Waals surface area contributed by atoms with Gasteiger partial charge in [0.15, 0.2) is 0 Å². The van der Waals surface area contributed by atoms with E-state index in [2.05, 4.69) is 5.32 Å². The van der Waals surface area contributed by atoms with Crippen LogP contribution in [-0.4, -0.2) is 41.2 Å². The first-order chi connectivity index (χ1) is 14.5. The van der Waals surface area contributed by atoms with Gasteiger partial charge in [-0.1, -0.05) is 42.5 Å². The second-order valence-corrected chi connectivity index (χ2v) is 7.47. The van der Waals surface area contributed by atoms with Crippen LogP contribution in [0.25, 0.3) is 0 Å². The smallest absolute Gasteiger partial charge is 0.306 e. The number of hydrogen-bond acceptors (Lipinski definition) is 5. The van der Waals surface area contributed by atoms with Gasteiger partial charge in [-0.25, -0.2) is 0 Å². The molecule has 30 heavy (non-hydrogen) atoms. The van der Waals surface area contributed by atoms with Crippen molar-refractivity contribution in [3.05, 3.63) is 71.3 Å². The minimum absolute atomic E-state index is 0.00650. The molecule has 0 saturated heterocycles. The number of carbonyl (C=O) groups is 4. The molecular weight excluding hydrogens is 384 g/mol. The van der Waals surface area contributed by atoms with Crippen LogP contribution in [-0.2, 0) is 14.3 Å². The average Bonchev–Trinajstić information content (AvgIpc) is 3.54. The Morgan fingerprint density at radius 3 is 2.17 bits per heavy atom. The van der Waals surface area contributed by atoms with E-state index in [1.807, 2.05) is 6.07 Å². The third kappa shape index (κ3) is 4.25. The Balaban J connectivity index is 1.33. The lowest BCUT2D eigenvalue weighted by Gasteiger charge is -2.18. The lowest BCUT2D eigenvalue weighted by atomic mass is 10.1. The fourth-order valence-electron chi connectivity index (χ4n) is 3.42. The maximum absolute atomic E-state index is 12.5. The number of fused-ring (bicyclic) bond motifs is 1. The van der Waals surface area contributed by atoms with Crippen LogP contribution in [0, 0.1) is 0 Å². The van der Waals surface area contributed by atoms with Crippen molar-refractivity contribution in [1.29, 1.82) is 0 Å². The maximum Gasteiger partial charge on any atom is 0.306 e. The Morgan fingerprint density at radius 1 is 0.967 bits per heavy atom. The molecule has 2 aromatic rings. The molecule has 3 amide bonds. The Bertz CT molecular complexity index is 949. The van der Waals surface area contributed by atoms with Gasteiger partial charge in [0.25, 0.3) is 17.7 Å². The van der Waals surface area contributed by atoms with E-state index in [1.165, 1.54) is 0 Å². The van der Waals surface area contributed by atoms with E-state index in [0.29, 0.717) is 16.7 Å². The van der Waals surface area contributed by atoms with Gasteiger partial charge in [-0.3, -0.25) is 24.1 Å². The van der Waals surface area contributed by atoms with E-state index in [4.69, 9.17) is 4.74 Å². The van der Waals surface area contributed by atoms with E-state index >= 15 is 0 Å². The second kappa shape index (κ2) is 8.49. The summed E-state index contributed by atoms with van der Waals surface area (Å²) in [7, 11) is 0. The minimum atomic E-state index is -1.02. The molecule has 0 spiro atoms. The standard InChI is InChI=1S/C23H22N2O5/c26-19(11-6-14-25-22(28)17-9-4-5-10-18(17)23(25)29)30-20(15-7-2-1-3-8-15)21(27)24-16-12-13-16/h1-5,7-10,16,20H,6,11-14H2,(H,24,27)/t20-/m1/s1. The Morgan fingerprint density at radius 2 is 1.57 bits per heavy atom. The van der Waals surface area contributed by atoms with Gasteiger partial charge in [-0.05, 0) is 31.4 Å². The van der Waals surface area contributed by atoms with Crippen molar-refractivity contribution < 1.29 is 23.9 Å². The number of nitrogens with zero attached hydrogens (tertiary/aromatic N) is 1. The number of amides is 3. The summed E-state index contributed by atoms with van der Waals surface area (Å²) in [6, 6.07) is 15.7. The highest BCUT2D eigenvalue weighted by molar-refractivity contribution is 6.21. The lowest BCUT2D eigenvalue weighted by Crippen LogP contribution is -2.34. The Kier molecular flexibility index (Phi) is 5.61. The number of imide groups is 1. The fraction of sp³-hybridized carbons (Fsp3) is 0.304. The molecule has 1 aliphatic carbocycles. The van der Waals surface area contributed by atoms with Crippen molar-refractivity contribution in [2.24, 2.45) is 0 Å². The molecule has 1 saturated carbocycles. The molecule has 1 N–H and O–H groups in total. The predicted octanol–water partition coefficient (Wildman–Crippen LogP) is 2.63. The summed E-state index contributed by atoms with van der Waals surface area (Å²) in [5.74, 6) is -1.59. The van der Waals surface area contributed by atoms with Crippen molar-refractivity contribution in [3.8, 4) is 0 Å². The van der Waals surface area contributed by atoms with Crippen molar-refractivity contribution in [1.82, 2.24) is 10.2 Å². The minimum Gasteiger partial charge on any atom is -0.447 e. The molecule has 0 aromatic heterocycles. The highest BCUT2D eigenvalue weighted by atomic mass is 16.5. The molecular formula is C23H22N2O5. The molecule has 7 nitrogen and oxygen atoms in total. The first-order valence-electron chi connectivity index (χ1n) is 10.0. The topological polar surface area (TPSA) is 92.8 Å². The van der Waals surface area contributed by atoms with Gasteiger partial charge in [-0.2, -0.15) is 0 Å². The van der Waals surface area contributed by atoms with Crippen LogP contribution in [0.15, 0.2) is 54.6 Å². The fourth-order valence-corrected chi connectivity index (χ4v) is 3.42. The summed E-state index contributed by atoms with van der Waals surface area (Å²) in [5.41, 5.74) is 1.36. The number of ether oxygens (including phenoxy) is 1. The van der Waals surface area contributed by atoms with Gasteiger partial charge < -0.3 is 10.1 Å². The van der Waals surface area contributed by atoms with Crippen LogP contribution < -0.4 is 5.32 Å². The zero-order valence-corrected chi connectivity index (χ0v) is 16.4. The Hall–Kier alpha value is -3.48. The van der Waals surface area contributed by atoms with Crippen molar-refractivity contribution in [3.63, 3.8) is 0 Å². The molecule has 7 heteroatoms. The van der Waals surface area contributed by atoms with Gasteiger partial charge in [0.1, 0.15) is 0 Å². The number of esters is 1. The number of hydrogen-bond donors (Lipinski definition) is 1. The maximum atomic E-state index is 12.5. The van der Waals surface area contributed by atoms with Crippen LogP contribution in [0.1, 0.15) is 58.1 Å². The normalized spacial score (nSPS) is 16.2. The monoisotopic (exact) mass is 406 g/mol. The molecule has 1 atom stereocenters. The van der Waals surface area contributed by atoms with Gasteiger partial charge >= 0.3 is 5.97 Å². The molecule has 1 heterocycles. The van der Waals surface area contributed by atoms with Crippen LogP contribution in [0.4, 0.5) is 0 Å². The van der Waals surface area contributed by atoms with E-state index in [-0.39, 0.29) is 43.1 Å². The van der Waals surface area contributed by atoms with Gasteiger partial charge in [0.05, 0.1) is 11.1 Å². The number of benzene rings is 2. The molecule has 4 rings (SSSR count). The van der Waals surface area contributed by atoms with Gasteiger partial charge in [-0.15, -0.1) is 0 Å². The van der Waals surface area contributed by atoms with Crippen LogP contribution >= 0.6 is 0 Å². The average molecular weight is 406 g/mol. The first-order valence-corrected chi connectivity index (χ1v) is 10.0. The van der Waals surface area contributed by atoms with E-state index in [1.54, 1.807) is 48.5 Å². The molecule has 2 aromatic carbocycles. The zero-order valence-electron chi connectivity index (χ0n) is 16.4. The largest absolute Gasteiger partial charge is 0.447 e. The third-order valence-electron chi connectivity index (χ3n) is 5.15. The van der Waals surface area contributed by atoms with Gasteiger partial charge in [0.2, 0.25) is 6.10 Å². The van der Waals surface area contributed by atoms with Crippen molar-refractivity contribution in [2.45, 2.75) is 37.8 Å². The van der Waals surface area contributed by atoms with Crippen molar-refractivity contribution in [2.75, 3.05) is 6.54 Å². The van der Waals surface area contributed by atoms with E-state index in [9.17, 15) is 19.2 Å². The number of carbonyl (C=O) groups excluding carboxylic acids is 4. The third-order valence-corrected chi connectivity index (χ3v) is 5.15. The summed E-state index contributed by atoms with van der Waals surface area (Å²) < 4.78 is 5.47. The summed E-state index contributed by atoms with van der Waals surface area (Å²) >= 11 is 0. The van der Waals surface area contributed by atoms with Crippen LogP contribution in [0.3, 0.4) is 0 Å². The molecule has 0 unspecified atom stereocenters. The summed E-state index contributed by atoms with van der Waals surface area (Å²) in [5, 5.41) is 2.87. The SMILES string of the molecule is O=C(CCCN1C(=O)c2ccccc2C1=O)O[C@@H](C(=O)NC1CC1)c1ccccc1. The molecule has 2 aliphatic rings. The summed E-state index contributed by atoms with van der Waals surface area (Å²) in [6.07, 6.45) is 1.10. The highest BCUT2D eigenvalue weighted by Crippen LogP contribution is 2.25. The van der Waals surface area contributed by atoms with Gasteiger partial charge in [0, 0.05) is 24.6 Å². The van der Waals surface area contributed by atoms with E-state index < -0.39 is 12.1 Å². The van der Waals surface area contributed by atoms with Crippen LogP contribution in [0.2, 0.25) is 0 Å². The quantitative estimate of drug-likeness (QED) is 0.537. The predicted molar refractivity (Wildman–Crippen MR) is 107 cm³/mol. The Labute approximate surface area is 174 Å². The van der Waals surface area contributed by atoms with E-state index in [0.717, 1.165) is 17.7 Å². The molecule has 1 fully saturated rings.